The Labute approximate surface area is 197 Å². The number of halogens is 4. The summed E-state index contributed by atoms with van der Waals surface area (Å²) in [6, 6.07) is 3.37. The molecule has 1 aromatic carbocycles. The highest BCUT2D eigenvalue weighted by molar-refractivity contribution is 7.91. The number of aliphatic hydroxyl groups is 1. The third kappa shape index (κ3) is 4.61. The lowest BCUT2D eigenvalue weighted by atomic mass is 9.88. The molecule has 0 amide bonds. The van der Waals surface area contributed by atoms with Crippen LogP contribution in [0.5, 0.6) is 0 Å². The molecule has 188 valence electrons. The summed E-state index contributed by atoms with van der Waals surface area (Å²) in [4.78, 5) is 21.2. The molecule has 0 spiro atoms. The molecule has 35 heavy (non-hydrogen) atoms. The number of hydrogen-bond acceptors (Lipinski definition) is 7. The molecule has 0 saturated carbocycles. The van der Waals surface area contributed by atoms with Crippen LogP contribution in [0, 0.1) is 5.82 Å². The van der Waals surface area contributed by atoms with E-state index < -0.39 is 44.6 Å². The monoisotopic (exact) mass is 514 g/mol. The second kappa shape index (κ2) is 8.55. The zero-order valence-electron chi connectivity index (χ0n) is 18.7. The van der Waals surface area contributed by atoms with Crippen LogP contribution >= 0.6 is 0 Å². The number of pyridine rings is 1. The van der Waals surface area contributed by atoms with Crippen molar-refractivity contribution in [2.75, 3.05) is 16.8 Å². The molecule has 8 nitrogen and oxygen atoms in total. The maximum atomic E-state index is 14.7. The smallest absolute Gasteiger partial charge is 0.385 e. The van der Waals surface area contributed by atoms with Crippen LogP contribution in [0.15, 0.2) is 35.4 Å². The van der Waals surface area contributed by atoms with Crippen LogP contribution in [0.1, 0.15) is 42.5 Å². The number of anilines is 1. The number of hydrogen-bond donors (Lipinski definition) is 2. The first-order chi connectivity index (χ1) is 16.2. The van der Waals surface area contributed by atoms with Gasteiger partial charge in [-0.2, -0.15) is 13.2 Å². The fourth-order valence-electron chi connectivity index (χ4n) is 4.25. The SMILES string of the molecule is C[C@@H](Nc1ncnc2c1cc(C1(O)CCS(=O)(=O)CC1)c(=O)n2C)c1cccc(C(F)(F)F)c1F. The fraction of sp³-hybridized carbons (Fsp3) is 0.409. The van der Waals surface area contributed by atoms with E-state index in [1.807, 2.05) is 0 Å². The highest BCUT2D eigenvalue weighted by Gasteiger charge is 2.39. The van der Waals surface area contributed by atoms with Gasteiger partial charge in [0, 0.05) is 18.2 Å². The van der Waals surface area contributed by atoms with Crippen LogP contribution < -0.4 is 10.9 Å². The Balaban J connectivity index is 1.78. The van der Waals surface area contributed by atoms with Gasteiger partial charge < -0.3 is 10.4 Å². The summed E-state index contributed by atoms with van der Waals surface area (Å²) in [6.07, 6.45) is -4.06. The fourth-order valence-corrected chi connectivity index (χ4v) is 5.75. The first-order valence-electron chi connectivity index (χ1n) is 10.6. The topological polar surface area (TPSA) is 114 Å². The van der Waals surface area contributed by atoms with Gasteiger partial charge in [-0.1, -0.05) is 12.1 Å². The van der Waals surface area contributed by atoms with E-state index in [1.54, 1.807) is 0 Å². The second-order valence-electron chi connectivity index (χ2n) is 8.64. The van der Waals surface area contributed by atoms with Crippen LogP contribution in [-0.4, -0.2) is 39.6 Å². The lowest BCUT2D eigenvalue weighted by molar-refractivity contribution is -0.140. The maximum absolute atomic E-state index is 14.7. The van der Waals surface area contributed by atoms with Crippen LogP contribution in [0.3, 0.4) is 0 Å². The van der Waals surface area contributed by atoms with Gasteiger partial charge in [0.1, 0.15) is 23.6 Å². The van der Waals surface area contributed by atoms with Crippen LogP contribution in [0.4, 0.5) is 23.4 Å². The summed E-state index contributed by atoms with van der Waals surface area (Å²) in [7, 11) is -1.90. The van der Waals surface area contributed by atoms with E-state index in [4.69, 9.17) is 0 Å². The molecule has 2 N–H and O–H groups in total. The van der Waals surface area contributed by atoms with E-state index in [1.165, 1.54) is 30.7 Å². The summed E-state index contributed by atoms with van der Waals surface area (Å²) in [6.45, 7) is 1.45. The van der Waals surface area contributed by atoms with Gasteiger partial charge in [-0.05, 0) is 31.9 Å². The largest absolute Gasteiger partial charge is 0.419 e. The highest BCUT2D eigenvalue weighted by atomic mass is 32.2. The third-order valence-corrected chi connectivity index (χ3v) is 7.96. The molecular formula is C22H22F4N4O4S. The standard InChI is InChI=1S/C22H22F4N4O4S/c1-12(13-4-3-5-15(17(13)23)22(24,25)26)29-18-14-10-16(20(31)30(2)19(14)28-11-27-18)21(32)6-8-35(33,34)9-7-21/h3-5,10-12,32H,6-9H2,1-2H3,(H,27,28,29)/t12-/m1/s1. The predicted molar refractivity (Wildman–Crippen MR) is 120 cm³/mol. The third-order valence-electron chi connectivity index (χ3n) is 6.31. The number of nitrogens with zero attached hydrogens (tertiary/aromatic N) is 3. The Kier molecular flexibility index (Phi) is 6.12. The van der Waals surface area contributed by atoms with E-state index in [9.17, 15) is 35.9 Å². The number of aromatic nitrogens is 3. The molecule has 3 aromatic rings. The molecule has 2 aromatic heterocycles. The second-order valence-corrected chi connectivity index (χ2v) is 10.9. The zero-order valence-corrected chi connectivity index (χ0v) is 19.5. The van der Waals surface area contributed by atoms with Crippen molar-refractivity contribution < 1.29 is 31.1 Å². The Bertz CT molecular complexity index is 1460. The first kappa shape index (κ1) is 25.0. The summed E-state index contributed by atoms with van der Waals surface area (Å²) in [5, 5.41) is 14.3. The molecule has 0 aliphatic carbocycles. The van der Waals surface area contributed by atoms with Crippen molar-refractivity contribution in [3.63, 3.8) is 0 Å². The average molecular weight is 515 g/mol. The van der Waals surface area contributed by atoms with Gasteiger partial charge in [0.2, 0.25) is 0 Å². The summed E-state index contributed by atoms with van der Waals surface area (Å²) in [5.74, 6) is -1.88. The Hall–Kier alpha value is -3.06. The predicted octanol–water partition coefficient (Wildman–Crippen LogP) is 3.06. The van der Waals surface area contributed by atoms with Crippen molar-refractivity contribution in [3.05, 3.63) is 63.5 Å². The van der Waals surface area contributed by atoms with E-state index in [0.29, 0.717) is 6.07 Å². The lowest BCUT2D eigenvalue weighted by Crippen LogP contribution is -2.42. The van der Waals surface area contributed by atoms with Crippen molar-refractivity contribution in [1.82, 2.24) is 14.5 Å². The molecule has 1 aliphatic heterocycles. The van der Waals surface area contributed by atoms with Crippen molar-refractivity contribution in [1.29, 1.82) is 0 Å². The van der Waals surface area contributed by atoms with E-state index in [0.717, 1.165) is 12.4 Å². The Morgan fingerprint density at radius 3 is 2.49 bits per heavy atom. The van der Waals surface area contributed by atoms with Gasteiger partial charge in [0.15, 0.2) is 9.84 Å². The van der Waals surface area contributed by atoms with E-state index >= 15 is 0 Å². The summed E-state index contributed by atoms with van der Waals surface area (Å²) in [5.41, 5.74) is -3.78. The first-order valence-corrected chi connectivity index (χ1v) is 12.5. The van der Waals surface area contributed by atoms with Crippen molar-refractivity contribution in [2.24, 2.45) is 7.05 Å². The van der Waals surface area contributed by atoms with Gasteiger partial charge in [0.05, 0.1) is 34.1 Å². The quantitative estimate of drug-likeness (QED) is 0.515. The molecular weight excluding hydrogens is 492 g/mol. The molecule has 13 heteroatoms. The molecule has 0 bridgehead atoms. The minimum atomic E-state index is -4.86. The van der Waals surface area contributed by atoms with Crippen LogP contribution in [0.2, 0.25) is 0 Å². The maximum Gasteiger partial charge on any atom is 0.419 e. The van der Waals surface area contributed by atoms with Crippen LogP contribution in [-0.2, 0) is 28.7 Å². The molecule has 1 atom stereocenters. The summed E-state index contributed by atoms with van der Waals surface area (Å²) < 4.78 is 78.9. The normalized spacial score (nSPS) is 18.4. The number of sulfone groups is 1. The molecule has 0 unspecified atom stereocenters. The number of rotatable bonds is 4. The van der Waals surface area contributed by atoms with Crippen LogP contribution in [0.25, 0.3) is 11.0 Å². The van der Waals surface area contributed by atoms with Gasteiger partial charge in [-0.25, -0.2) is 22.8 Å². The molecule has 1 fully saturated rings. The van der Waals surface area contributed by atoms with Crippen molar-refractivity contribution in [3.8, 4) is 0 Å². The van der Waals surface area contributed by atoms with Gasteiger partial charge in [-0.15, -0.1) is 0 Å². The molecule has 1 saturated heterocycles. The van der Waals surface area contributed by atoms with Gasteiger partial charge in [-0.3, -0.25) is 9.36 Å². The molecule has 0 radical (unpaired) electrons. The highest BCUT2D eigenvalue weighted by Crippen LogP contribution is 2.36. The van der Waals surface area contributed by atoms with E-state index in [-0.39, 0.29) is 52.3 Å². The summed E-state index contributed by atoms with van der Waals surface area (Å²) >= 11 is 0. The Morgan fingerprint density at radius 1 is 1.20 bits per heavy atom. The van der Waals surface area contributed by atoms with Crippen molar-refractivity contribution >= 4 is 26.7 Å². The molecule has 1 aliphatic rings. The Morgan fingerprint density at radius 2 is 1.86 bits per heavy atom. The van der Waals surface area contributed by atoms with Crippen molar-refractivity contribution in [2.45, 2.75) is 37.6 Å². The number of nitrogens with one attached hydrogen (secondary N) is 1. The zero-order chi connectivity index (χ0) is 25.8. The minimum absolute atomic E-state index is 0.0434. The number of benzene rings is 1. The number of alkyl halides is 3. The molecule has 3 heterocycles. The number of aryl methyl sites for hydroxylation is 1. The van der Waals surface area contributed by atoms with Gasteiger partial charge in [0.25, 0.3) is 5.56 Å². The average Bonchev–Trinajstić information content (AvgIpc) is 2.78. The molecule has 4 rings (SSSR count). The lowest BCUT2D eigenvalue weighted by Gasteiger charge is -2.32. The van der Waals surface area contributed by atoms with E-state index in [2.05, 4.69) is 15.3 Å². The van der Waals surface area contributed by atoms with Gasteiger partial charge >= 0.3 is 6.18 Å². The number of fused-ring (bicyclic) bond motifs is 1. The minimum Gasteiger partial charge on any atom is -0.385 e.